The van der Waals surface area contributed by atoms with E-state index in [0.29, 0.717) is 5.56 Å². The van der Waals surface area contributed by atoms with Gasteiger partial charge in [-0.1, -0.05) is 22.9 Å². The third-order valence-corrected chi connectivity index (χ3v) is 3.32. The summed E-state index contributed by atoms with van der Waals surface area (Å²) in [6.45, 7) is 2.02. The number of hydrogen-bond acceptors (Lipinski definition) is 3. The molecule has 0 unspecified atom stereocenters. The van der Waals surface area contributed by atoms with E-state index in [1.807, 2.05) is 23.6 Å². The van der Waals surface area contributed by atoms with Crippen LogP contribution in [-0.4, -0.2) is 9.55 Å². The standard InChI is InChI=1S/C13H13BrN4/c1-2-11(16)13-7-17-8-18(13)12-5-10(14)4-3-9(12)6-15/h3-5,7-8,11H,2,16H2,1H3/t11-/m1/s1. The Bertz CT molecular complexity index is 597. The summed E-state index contributed by atoms with van der Waals surface area (Å²) >= 11 is 3.42. The Labute approximate surface area is 114 Å². The first-order valence-corrected chi connectivity index (χ1v) is 6.44. The van der Waals surface area contributed by atoms with Crippen molar-refractivity contribution in [2.45, 2.75) is 19.4 Å². The minimum Gasteiger partial charge on any atom is -0.323 e. The zero-order chi connectivity index (χ0) is 13.1. The fraction of sp³-hybridized carbons (Fsp3) is 0.231. The van der Waals surface area contributed by atoms with Crippen LogP contribution in [0.2, 0.25) is 0 Å². The van der Waals surface area contributed by atoms with Gasteiger partial charge in [-0.05, 0) is 24.6 Å². The Morgan fingerprint density at radius 3 is 3.00 bits per heavy atom. The average molecular weight is 305 g/mol. The van der Waals surface area contributed by atoms with E-state index in [-0.39, 0.29) is 6.04 Å². The van der Waals surface area contributed by atoms with Crippen LogP contribution in [0.15, 0.2) is 35.2 Å². The lowest BCUT2D eigenvalue weighted by atomic mass is 10.1. The smallest absolute Gasteiger partial charge is 0.101 e. The lowest BCUT2D eigenvalue weighted by Gasteiger charge is -2.14. The van der Waals surface area contributed by atoms with Crippen molar-refractivity contribution in [2.75, 3.05) is 0 Å². The van der Waals surface area contributed by atoms with E-state index >= 15 is 0 Å². The van der Waals surface area contributed by atoms with Gasteiger partial charge in [-0.15, -0.1) is 0 Å². The quantitative estimate of drug-likeness (QED) is 0.948. The molecule has 4 nitrogen and oxygen atoms in total. The summed E-state index contributed by atoms with van der Waals surface area (Å²) in [5.74, 6) is 0. The monoisotopic (exact) mass is 304 g/mol. The zero-order valence-electron chi connectivity index (χ0n) is 9.97. The second-order valence-corrected chi connectivity index (χ2v) is 4.89. The molecule has 0 aliphatic heterocycles. The van der Waals surface area contributed by atoms with Crippen molar-refractivity contribution in [1.29, 1.82) is 5.26 Å². The van der Waals surface area contributed by atoms with Crippen LogP contribution >= 0.6 is 15.9 Å². The molecule has 0 saturated carbocycles. The van der Waals surface area contributed by atoms with Gasteiger partial charge in [-0.2, -0.15) is 5.26 Å². The lowest BCUT2D eigenvalue weighted by molar-refractivity contribution is 0.659. The van der Waals surface area contributed by atoms with Crippen LogP contribution in [0.5, 0.6) is 0 Å². The van der Waals surface area contributed by atoms with Gasteiger partial charge in [0.25, 0.3) is 0 Å². The van der Waals surface area contributed by atoms with Crippen LogP contribution in [-0.2, 0) is 0 Å². The highest BCUT2D eigenvalue weighted by molar-refractivity contribution is 9.10. The molecule has 0 bridgehead atoms. The normalized spacial score (nSPS) is 12.1. The van der Waals surface area contributed by atoms with Gasteiger partial charge in [0.2, 0.25) is 0 Å². The molecule has 0 spiro atoms. The molecule has 0 amide bonds. The SMILES string of the molecule is CC[C@@H](N)c1cncn1-c1cc(Br)ccc1C#N. The molecular weight excluding hydrogens is 292 g/mol. The predicted octanol–water partition coefficient (Wildman–Crippen LogP) is 2.92. The summed E-state index contributed by atoms with van der Waals surface area (Å²) < 4.78 is 2.79. The highest BCUT2D eigenvalue weighted by Gasteiger charge is 2.13. The number of nitriles is 1. The van der Waals surface area contributed by atoms with E-state index in [4.69, 9.17) is 11.0 Å². The number of imidazole rings is 1. The van der Waals surface area contributed by atoms with Crippen molar-refractivity contribution < 1.29 is 0 Å². The summed E-state index contributed by atoms with van der Waals surface area (Å²) in [6, 6.07) is 7.62. The Morgan fingerprint density at radius 2 is 2.33 bits per heavy atom. The molecule has 2 N–H and O–H groups in total. The molecule has 2 aromatic rings. The third-order valence-electron chi connectivity index (χ3n) is 2.83. The fourth-order valence-corrected chi connectivity index (χ4v) is 2.14. The van der Waals surface area contributed by atoms with Gasteiger partial charge >= 0.3 is 0 Å². The topological polar surface area (TPSA) is 67.6 Å². The molecule has 0 fully saturated rings. The van der Waals surface area contributed by atoms with Crippen LogP contribution in [0.25, 0.3) is 5.69 Å². The van der Waals surface area contributed by atoms with Crippen LogP contribution < -0.4 is 5.73 Å². The summed E-state index contributed by atoms with van der Waals surface area (Å²) in [7, 11) is 0. The Hall–Kier alpha value is -1.64. The van der Waals surface area contributed by atoms with E-state index in [0.717, 1.165) is 22.3 Å². The van der Waals surface area contributed by atoms with E-state index in [1.165, 1.54) is 0 Å². The lowest BCUT2D eigenvalue weighted by Crippen LogP contribution is -2.13. The molecule has 2 rings (SSSR count). The van der Waals surface area contributed by atoms with Gasteiger partial charge in [0.1, 0.15) is 6.07 Å². The van der Waals surface area contributed by atoms with Gasteiger partial charge in [0, 0.05) is 10.5 Å². The fourth-order valence-electron chi connectivity index (χ4n) is 1.79. The van der Waals surface area contributed by atoms with Crippen molar-refractivity contribution in [2.24, 2.45) is 5.73 Å². The van der Waals surface area contributed by atoms with Gasteiger partial charge in [0.15, 0.2) is 0 Å². The summed E-state index contributed by atoms with van der Waals surface area (Å²) in [5, 5.41) is 9.16. The summed E-state index contributed by atoms with van der Waals surface area (Å²) in [4.78, 5) is 4.13. The maximum atomic E-state index is 9.16. The average Bonchev–Trinajstić information content (AvgIpc) is 2.86. The highest BCUT2D eigenvalue weighted by atomic mass is 79.9. The Morgan fingerprint density at radius 1 is 1.56 bits per heavy atom. The first-order chi connectivity index (χ1) is 8.67. The molecule has 92 valence electrons. The maximum absolute atomic E-state index is 9.16. The number of rotatable bonds is 3. The second kappa shape index (κ2) is 5.34. The first kappa shape index (κ1) is 12.8. The summed E-state index contributed by atoms with van der Waals surface area (Å²) in [5.41, 5.74) is 8.35. The van der Waals surface area contributed by atoms with E-state index < -0.39 is 0 Å². The van der Waals surface area contributed by atoms with E-state index in [1.54, 1.807) is 18.6 Å². The highest BCUT2D eigenvalue weighted by Crippen LogP contribution is 2.24. The van der Waals surface area contributed by atoms with Gasteiger partial charge in [-0.3, -0.25) is 0 Å². The number of nitrogens with zero attached hydrogens (tertiary/aromatic N) is 3. The van der Waals surface area contributed by atoms with Gasteiger partial charge < -0.3 is 10.3 Å². The van der Waals surface area contributed by atoms with Gasteiger partial charge in [-0.25, -0.2) is 4.98 Å². The van der Waals surface area contributed by atoms with Gasteiger partial charge in [0.05, 0.1) is 29.5 Å². The largest absolute Gasteiger partial charge is 0.323 e. The molecule has 18 heavy (non-hydrogen) atoms. The molecule has 0 radical (unpaired) electrons. The third kappa shape index (κ3) is 2.30. The maximum Gasteiger partial charge on any atom is 0.101 e. The predicted molar refractivity (Wildman–Crippen MR) is 73.2 cm³/mol. The molecule has 0 aliphatic rings. The minimum atomic E-state index is -0.0852. The van der Waals surface area contributed by atoms with Crippen LogP contribution in [0.1, 0.15) is 30.6 Å². The van der Waals surface area contributed by atoms with Crippen LogP contribution in [0.3, 0.4) is 0 Å². The molecule has 1 aromatic heterocycles. The Kier molecular flexibility index (Phi) is 3.80. The van der Waals surface area contributed by atoms with E-state index in [9.17, 15) is 0 Å². The number of nitrogens with two attached hydrogens (primary N) is 1. The molecule has 0 saturated heterocycles. The number of aromatic nitrogens is 2. The van der Waals surface area contributed by atoms with Crippen molar-refractivity contribution in [1.82, 2.24) is 9.55 Å². The van der Waals surface area contributed by atoms with Crippen molar-refractivity contribution >= 4 is 15.9 Å². The molecule has 1 heterocycles. The number of hydrogen-bond donors (Lipinski definition) is 1. The minimum absolute atomic E-state index is 0.0852. The number of halogens is 1. The van der Waals surface area contributed by atoms with Crippen molar-refractivity contribution in [3.05, 3.63) is 46.5 Å². The van der Waals surface area contributed by atoms with Crippen LogP contribution in [0, 0.1) is 11.3 Å². The van der Waals surface area contributed by atoms with Crippen molar-refractivity contribution in [3.63, 3.8) is 0 Å². The van der Waals surface area contributed by atoms with Crippen molar-refractivity contribution in [3.8, 4) is 11.8 Å². The number of benzene rings is 1. The van der Waals surface area contributed by atoms with Crippen LogP contribution in [0.4, 0.5) is 0 Å². The summed E-state index contributed by atoms with van der Waals surface area (Å²) in [6.07, 6.45) is 4.26. The zero-order valence-corrected chi connectivity index (χ0v) is 11.6. The van der Waals surface area contributed by atoms with E-state index in [2.05, 4.69) is 27.0 Å². The first-order valence-electron chi connectivity index (χ1n) is 5.65. The molecule has 1 atom stereocenters. The molecule has 0 aliphatic carbocycles. The molecular formula is C13H13BrN4. The Balaban J connectivity index is 2.59. The molecule has 1 aromatic carbocycles. The second-order valence-electron chi connectivity index (χ2n) is 3.98. The molecule has 5 heteroatoms.